The Hall–Kier alpha value is -0.810. The number of rotatable bonds is 4. The minimum Gasteiger partial charge on any atom is -0.370 e. The molecule has 0 amide bonds. The zero-order valence-corrected chi connectivity index (χ0v) is 14.1. The smallest absolute Gasteiger partial charge is 0.189 e. The number of hydrogen-bond donors (Lipinski definition) is 2. The first-order valence-corrected chi connectivity index (χ1v) is 7.70. The molecular weight excluding hydrogens is 250 g/mol. The van der Waals surface area contributed by atoms with Crippen LogP contribution in [0.4, 0.5) is 0 Å². The van der Waals surface area contributed by atoms with Gasteiger partial charge in [0.25, 0.3) is 0 Å². The number of nitrogens with two attached hydrogens (primary N) is 1. The lowest BCUT2D eigenvalue weighted by Gasteiger charge is -2.39. The molecule has 0 aliphatic carbocycles. The molecule has 1 aliphatic rings. The van der Waals surface area contributed by atoms with Gasteiger partial charge in [-0.05, 0) is 33.7 Å². The maximum Gasteiger partial charge on any atom is 0.189 e. The van der Waals surface area contributed by atoms with Crippen molar-refractivity contribution in [1.29, 1.82) is 0 Å². The quantitative estimate of drug-likeness (QED) is 0.596. The number of nitrogens with zero attached hydrogens (tertiary/aromatic N) is 3. The van der Waals surface area contributed by atoms with E-state index in [0.717, 1.165) is 32.7 Å². The van der Waals surface area contributed by atoms with Crippen molar-refractivity contribution in [1.82, 2.24) is 15.1 Å². The first-order valence-electron chi connectivity index (χ1n) is 7.70. The predicted molar refractivity (Wildman–Crippen MR) is 87.1 cm³/mol. The molecule has 0 saturated carbocycles. The van der Waals surface area contributed by atoms with Crippen molar-refractivity contribution in [3.05, 3.63) is 0 Å². The number of likely N-dealkylation sites (N-methyl/N-ethyl adjacent to an activating group) is 1. The van der Waals surface area contributed by atoms with Crippen molar-refractivity contribution in [2.24, 2.45) is 16.6 Å². The summed E-state index contributed by atoms with van der Waals surface area (Å²) >= 11 is 0. The van der Waals surface area contributed by atoms with E-state index in [1.807, 2.05) is 0 Å². The Morgan fingerprint density at radius 1 is 1.20 bits per heavy atom. The third-order valence-corrected chi connectivity index (χ3v) is 3.73. The van der Waals surface area contributed by atoms with E-state index in [9.17, 15) is 0 Å². The molecule has 118 valence electrons. The van der Waals surface area contributed by atoms with Crippen LogP contribution in [0.15, 0.2) is 4.99 Å². The number of piperazine rings is 1. The Balaban J connectivity index is 2.57. The predicted octanol–water partition coefficient (Wildman–Crippen LogP) is 0.961. The van der Waals surface area contributed by atoms with Gasteiger partial charge in [-0.3, -0.25) is 9.89 Å². The number of aliphatic imine (C=N–C) groups is 1. The summed E-state index contributed by atoms with van der Waals surface area (Å²) in [7, 11) is 2.19. The lowest BCUT2D eigenvalue weighted by atomic mass is 10.0. The fourth-order valence-electron chi connectivity index (χ4n) is 2.52. The van der Waals surface area contributed by atoms with E-state index < -0.39 is 0 Å². The zero-order chi connectivity index (χ0) is 15.3. The highest BCUT2D eigenvalue weighted by Gasteiger charge is 2.24. The monoisotopic (exact) mass is 283 g/mol. The lowest BCUT2D eigenvalue weighted by molar-refractivity contribution is 0.0925. The van der Waals surface area contributed by atoms with Crippen molar-refractivity contribution in [2.45, 2.75) is 46.2 Å². The Labute approximate surface area is 124 Å². The van der Waals surface area contributed by atoms with Gasteiger partial charge in [-0.15, -0.1) is 0 Å². The molecule has 1 fully saturated rings. The Bertz CT molecular complexity index is 311. The highest BCUT2D eigenvalue weighted by atomic mass is 15.3. The second kappa shape index (κ2) is 7.27. The summed E-state index contributed by atoms with van der Waals surface area (Å²) in [5.41, 5.74) is 5.94. The molecule has 0 aromatic rings. The molecule has 0 bridgehead atoms. The van der Waals surface area contributed by atoms with Gasteiger partial charge in [0.2, 0.25) is 0 Å². The van der Waals surface area contributed by atoms with Crippen LogP contribution in [0.2, 0.25) is 0 Å². The molecular formula is C15H33N5. The van der Waals surface area contributed by atoms with E-state index in [4.69, 9.17) is 5.73 Å². The Morgan fingerprint density at radius 3 is 2.20 bits per heavy atom. The summed E-state index contributed by atoms with van der Waals surface area (Å²) in [6.07, 6.45) is 0. The molecule has 20 heavy (non-hydrogen) atoms. The van der Waals surface area contributed by atoms with Crippen LogP contribution in [-0.2, 0) is 0 Å². The molecule has 1 unspecified atom stereocenters. The van der Waals surface area contributed by atoms with Crippen LogP contribution in [0.3, 0.4) is 0 Å². The lowest BCUT2D eigenvalue weighted by Crippen LogP contribution is -2.52. The van der Waals surface area contributed by atoms with Gasteiger partial charge in [-0.25, -0.2) is 0 Å². The normalized spacial score (nSPS) is 21.2. The topological polar surface area (TPSA) is 56.9 Å². The molecule has 1 heterocycles. The van der Waals surface area contributed by atoms with Crippen molar-refractivity contribution in [3.8, 4) is 0 Å². The van der Waals surface area contributed by atoms with Crippen LogP contribution in [0.5, 0.6) is 0 Å². The second-order valence-corrected chi connectivity index (χ2v) is 7.25. The van der Waals surface area contributed by atoms with Gasteiger partial charge in [-0.2, -0.15) is 0 Å². The third kappa shape index (κ3) is 6.09. The molecule has 1 aliphatic heterocycles. The molecule has 0 radical (unpaired) electrons. The summed E-state index contributed by atoms with van der Waals surface area (Å²) in [5, 5.41) is 3.22. The van der Waals surface area contributed by atoms with Gasteiger partial charge in [-0.1, -0.05) is 13.8 Å². The van der Waals surface area contributed by atoms with Crippen LogP contribution in [0.25, 0.3) is 0 Å². The second-order valence-electron chi connectivity index (χ2n) is 7.25. The van der Waals surface area contributed by atoms with Gasteiger partial charge >= 0.3 is 0 Å². The van der Waals surface area contributed by atoms with Crippen LogP contribution in [-0.4, -0.2) is 67.1 Å². The SMILES string of the molecule is CC(C)C(CN=C(N)NC(C)(C)C)N1CCN(C)CC1. The number of nitrogens with one attached hydrogen (secondary N) is 1. The van der Waals surface area contributed by atoms with Gasteiger partial charge in [0, 0.05) is 37.8 Å². The van der Waals surface area contributed by atoms with Crippen molar-refractivity contribution < 1.29 is 0 Å². The summed E-state index contributed by atoms with van der Waals surface area (Å²) in [6.45, 7) is 16.1. The van der Waals surface area contributed by atoms with Crippen LogP contribution < -0.4 is 11.1 Å². The van der Waals surface area contributed by atoms with E-state index in [1.165, 1.54) is 0 Å². The largest absolute Gasteiger partial charge is 0.370 e. The third-order valence-electron chi connectivity index (χ3n) is 3.73. The van der Waals surface area contributed by atoms with Crippen LogP contribution in [0.1, 0.15) is 34.6 Å². The molecule has 1 atom stereocenters. The summed E-state index contributed by atoms with van der Waals surface area (Å²) in [5.74, 6) is 1.14. The summed E-state index contributed by atoms with van der Waals surface area (Å²) in [6, 6.07) is 0.476. The minimum atomic E-state index is -0.0330. The first kappa shape index (κ1) is 17.2. The summed E-state index contributed by atoms with van der Waals surface area (Å²) in [4.78, 5) is 9.49. The molecule has 0 aromatic carbocycles. The fourth-order valence-corrected chi connectivity index (χ4v) is 2.52. The molecule has 5 nitrogen and oxygen atoms in total. The van der Waals surface area contributed by atoms with Crippen molar-refractivity contribution in [2.75, 3.05) is 39.8 Å². The number of guanidine groups is 1. The van der Waals surface area contributed by atoms with Crippen molar-refractivity contribution >= 4 is 5.96 Å². The average molecular weight is 283 g/mol. The maximum absolute atomic E-state index is 5.97. The molecule has 1 rings (SSSR count). The van der Waals surface area contributed by atoms with Crippen molar-refractivity contribution in [3.63, 3.8) is 0 Å². The van der Waals surface area contributed by atoms with Gasteiger partial charge in [0.05, 0.1) is 6.54 Å². The molecule has 0 aromatic heterocycles. The van der Waals surface area contributed by atoms with E-state index in [2.05, 4.69) is 61.8 Å². The summed E-state index contributed by atoms with van der Waals surface area (Å²) < 4.78 is 0. The van der Waals surface area contributed by atoms with Crippen LogP contribution in [0, 0.1) is 5.92 Å². The molecule has 1 saturated heterocycles. The van der Waals surface area contributed by atoms with E-state index >= 15 is 0 Å². The molecule has 5 heteroatoms. The number of hydrogen-bond acceptors (Lipinski definition) is 3. The standard InChI is InChI=1S/C15H33N5/c1-12(2)13(20-9-7-19(6)8-10-20)11-17-14(16)18-15(3,4)5/h12-13H,7-11H2,1-6H3,(H3,16,17,18). The van der Waals surface area contributed by atoms with Gasteiger partial charge < -0.3 is 16.0 Å². The zero-order valence-electron chi connectivity index (χ0n) is 14.1. The highest BCUT2D eigenvalue weighted by Crippen LogP contribution is 2.14. The Morgan fingerprint density at radius 2 is 1.75 bits per heavy atom. The minimum absolute atomic E-state index is 0.0330. The van der Waals surface area contributed by atoms with Gasteiger partial charge in [0.1, 0.15) is 0 Å². The van der Waals surface area contributed by atoms with Gasteiger partial charge in [0.15, 0.2) is 5.96 Å². The maximum atomic E-state index is 5.97. The first-order chi connectivity index (χ1) is 9.19. The average Bonchev–Trinajstić information content (AvgIpc) is 2.29. The van der Waals surface area contributed by atoms with E-state index in [0.29, 0.717) is 17.9 Å². The van der Waals surface area contributed by atoms with E-state index in [-0.39, 0.29) is 5.54 Å². The Kier molecular flexibility index (Phi) is 6.27. The highest BCUT2D eigenvalue weighted by molar-refractivity contribution is 5.78. The molecule has 0 spiro atoms. The van der Waals surface area contributed by atoms with Crippen LogP contribution >= 0.6 is 0 Å². The fraction of sp³-hybridized carbons (Fsp3) is 0.933. The molecule has 3 N–H and O–H groups in total. The van der Waals surface area contributed by atoms with E-state index in [1.54, 1.807) is 0 Å².